The van der Waals surface area contributed by atoms with E-state index in [9.17, 15) is 0 Å². The second-order valence-corrected chi connectivity index (χ2v) is 7.30. The molecule has 0 amide bonds. The predicted molar refractivity (Wildman–Crippen MR) is 107 cm³/mol. The van der Waals surface area contributed by atoms with Gasteiger partial charge in [0.2, 0.25) is 0 Å². The van der Waals surface area contributed by atoms with Gasteiger partial charge in [0.05, 0.1) is 17.2 Å². The number of thiazole rings is 1. The molecule has 1 heterocycles. The van der Waals surface area contributed by atoms with Gasteiger partial charge in [-0.05, 0) is 39.1 Å². The van der Waals surface area contributed by atoms with Crippen LogP contribution in [0.5, 0.6) is 0 Å². The summed E-state index contributed by atoms with van der Waals surface area (Å²) >= 11 is 1.70. The first-order valence-corrected chi connectivity index (χ1v) is 9.61. The number of hydrogen-bond acceptors (Lipinski definition) is 4. The van der Waals surface area contributed by atoms with E-state index in [1.54, 1.807) is 11.3 Å². The monoisotopic (exact) mass is 359 g/mol. The Labute approximate surface area is 155 Å². The molecule has 0 aliphatic heterocycles. The van der Waals surface area contributed by atoms with Gasteiger partial charge in [-0.3, -0.25) is 0 Å². The fourth-order valence-electron chi connectivity index (χ4n) is 2.54. The quantitative estimate of drug-likeness (QED) is 0.562. The number of nitrogens with one attached hydrogen (secondary N) is 2. The van der Waals surface area contributed by atoms with E-state index >= 15 is 0 Å². The molecule has 2 rings (SSSR count). The van der Waals surface area contributed by atoms with Gasteiger partial charge in [-0.25, -0.2) is 9.98 Å². The van der Waals surface area contributed by atoms with Crippen molar-refractivity contribution in [3.63, 3.8) is 0 Å². The average molecular weight is 360 g/mol. The Morgan fingerprint density at radius 2 is 1.96 bits per heavy atom. The fraction of sp³-hybridized carbons (Fsp3) is 0.474. The van der Waals surface area contributed by atoms with Crippen molar-refractivity contribution in [1.29, 1.82) is 0 Å². The summed E-state index contributed by atoms with van der Waals surface area (Å²) in [5.41, 5.74) is 3.73. The minimum Gasteiger partial charge on any atom is -0.357 e. The zero-order chi connectivity index (χ0) is 18.1. The third-order valence-corrected chi connectivity index (χ3v) is 4.52. The molecule has 0 saturated carbocycles. The number of nitrogens with zero attached hydrogens (tertiary/aromatic N) is 3. The molecule has 0 aliphatic rings. The van der Waals surface area contributed by atoms with Crippen LogP contribution in [0.4, 0.5) is 0 Å². The smallest absolute Gasteiger partial charge is 0.191 e. The van der Waals surface area contributed by atoms with Gasteiger partial charge in [-0.15, -0.1) is 11.3 Å². The molecule has 0 unspecified atom stereocenters. The molecular weight excluding hydrogens is 330 g/mol. The van der Waals surface area contributed by atoms with E-state index in [0.717, 1.165) is 42.7 Å². The van der Waals surface area contributed by atoms with Crippen LogP contribution in [0.25, 0.3) is 0 Å². The summed E-state index contributed by atoms with van der Waals surface area (Å²) in [7, 11) is 4.18. The summed E-state index contributed by atoms with van der Waals surface area (Å²) in [6, 6.07) is 8.50. The zero-order valence-electron chi connectivity index (χ0n) is 15.7. The van der Waals surface area contributed by atoms with E-state index in [4.69, 9.17) is 4.99 Å². The topological polar surface area (TPSA) is 52.6 Å². The SMILES string of the molecule is CCNC(=NCc1ccccc1CN(C)C)NCCc1csc(C)n1. The van der Waals surface area contributed by atoms with E-state index in [-0.39, 0.29) is 0 Å². The molecule has 0 aliphatic carbocycles. The van der Waals surface area contributed by atoms with Gasteiger partial charge in [0, 0.05) is 31.4 Å². The van der Waals surface area contributed by atoms with Crippen LogP contribution < -0.4 is 10.6 Å². The highest BCUT2D eigenvalue weighted by Crippen LogP contribution is 2.12. The van der Waals surface area contributed by atoms with E-state index in [2.05, 4.69) is 71.2 Å². The third kappa shape index (κ3) is 6.84. The summed E-state index contributed by atoms with van der Waals surface area (Å²) in [6.45, 7) is 7.41. The zero-order valence-corrected chi connectivity index (χ0v) is 16.5. The second kappa shape index (κ2) is 10.2. The van der Waals surface area contributed by atoms with Crippen molar-refractivity contribution >= 4 is 17.3 Å². The molecule has 0 bridgehead atoms. The minimum atomic E-state index is 0.676. The van der Waals surface area contributed by atoms with Crippen molar-refractivity contribution in [2.75, 3.05) is 27.2 Å². The summed E-state index contributed by atoms with van der Waals surface area (Å²) < 4.78 is 0. The molecule has 2 aromatic rings. The van der Waals surface area contributed by atoms with E-state index < -0.39 is 0 Å². The van der Waals surface area contributed by atoms with Gasteiger partial charge >= 0.3 is 0 Å². The van der Waals surface area contributed by atoms with Gasteiger partial charge in [0.15, 0.2) is 5.96 Å². The molecular formula is C19H29N5S. The lowest BCUT2D eigenvalue weighted by Crippen LogP contribution is -2.38. The lowest BCUT2D eigenvalue weighted by Gasteiger charge is -2.14. The van der Waals surface area contributed by atoms with E-state index in [0.29, 0.717) is 6.54 Å². The first-order valence-electron chi connectivity index (χ1n) is 8.73. The number of aryl methyl sites for hydroxylation is 1. The molecule has 25 heavy (non-hydrogen) atoms. The Morgan fingerprint density at radius 1 is 1.20 bits per heavy atom. The molecule has 1 aromatic heterocycles. The summed E-state index contributed by atoms with van der Waals surface area (Å²) in [4.78, 5) is 11.4. The number of hydrogen-bond donors (Lipinski definition) is 2. The van der Waals surface area contributed by atoms with E-state index in [1.165, 1.54) is 11.1 Å². The molecule has 6 heteroatoms. The van der Waals surface area contributed by atoms with Gasteiger partial charge in [0.1, 0.15) is 0 Å². The highest BCUT2D eigenvalue weighted by Gasteiger charge is 2.04. The molecule has 0 atom stereocenters. The minimum absolute atomic E-state index is 0.676. The second-order valence-electron chi connectivity index (χ2n) is 6.24. The average Bonchev–Trinajstić information content (AvgIpc) is 2.98. The molecule has 5 nitrogen and oxygen atoms in total. The van der Waals surface area contributed by atoms with Gasteiger partial charge in [-0.1, -0.05) is 24.3 Å². The van der Waals surface area contributed by atoms with Crippen LogP contribution in [-0.2, 0) is 19.5 Å². The lowest BCUT2D eigenvalue weighted by atomic mass is 10.1. The Hall–Kier alpha value is -1.92. The molecule has 2 N–H and O–H groups in total. The summed E-state index contributed by atoms with van der Waals surface area (Å²) in [5.74, 6) is 0.856. The van der Waals surface area contributed by atoms with Crippen molar-refractivity contribution in [2.24, 2.45) is 4.99 Å². The Bertz CT molecular complexity index is 678. The Kier molecular flexibility index (Phi) is 7.88. The molecule has 0 spiro atoms. The number of aromatic nitrogens is 1. The normalized spacial score (nSPS) is 11.8. The van der Waals surface area contributed by atoms with Crippen molar-refractivity contribution < 1.29 is 0 Å². The number of guanidine groups is 1. The van der Waals surface area contributed by atoms with E-state index in [1.807, 2.05) is 6.92 Å². The maximum absolute atomic E-state index is 4.75. The molecule has 0 fully saturated rings. The number of rotatable bonds is 8. The van der Waals surface area contributed by atoms with Crippen molar-refractivity contribution in [3.05, 3.63) is 51.5 Å². The van der Waals surface area contributed by atoms with Crippen molar-refractivity contribution in [3.8, 4) is 0 Å². The Morgan fingerprint density at radius 3 is 2.60 bits per heavy atom. The van der Waals surface area contributed by atoms with Crippen molar-refractivity contribution in [2.45, 2.75) is 33.4 Å². The third-order valence-electron chi connectivity index (χ3n) is 3.70. The van der Waals surface area contributed by atoms with Crippen LogP contribution in [0.3, 0.4) is 0 Å². The Balaban J connectivity index is 1.94. The first-order chi connectivity index (χ1) is 12.1. The lowest BCUT2D eigenvalue weighted by molar-refractivity contribution is 0.401. The number of aliphatic imine (C=N–C) groups is 1. The van der Waals surface area contributed by atoms with Gasteiger partial charge in [0.25, 0.3) is 0 Å². The fourth-order valence-corrected chi connectivity index (χ4v) is 3.19. The molecule has 0 saturated heterocycles. The van der Waals surface area contributed by atoms with Crippen LogP contribution in [0, 0.1) is 6.92 Å². The molecule has 136 valence electrons. The highest BCUT2D eigenvalue weighted by molar-refractivity contribution is 7.09. The van der Waals surface area contributed by atoms with Gasteiger partial charge < -0.3 is 15.5 Å². The first kappa shape index (κ1) is 19.4. The van der Waals surface area contributed by atoms with Crippen LogP contribution in [0.1, 0.15) is 28.8 Å². The van der Waals surface area contributed by atoms with Crippen LogP contribution in [0.15, 0.2) is 34.6 Å². The summed E-state index contributed by atoms with van der Waals surface area (Å²) in [6.07, 6.45) is 0.909. The standard InChI is InChI=1S/C19H29N5S/c1-5-20-19(21-11-10-18-14-25-15(2)23-18)22-12-16-8-6-7-9-17(16)13-24(3)4/h6-9,14H,5,10-13H2,1-4H3,(H2,20,21,22). The number of benzene rings is 1. The summed E-state index contributed by atoms with van der Waals surface area (Å²) in [5, 5.41) is 9.96. The van der Waals surface area contributed by atoms with Gasteiger partial charge in [-0.2, -0.15) is 0 Å². The molecule has 0 radical (unpaired) electrons. The largest absolute Gasteiger partial charge is 0.357 e. The van der Waals surface area contributed by atoms with Crippen LogP contribution in [0.2, 0.25) is 0 Å². The molecule has 1 aromatic carbocycles. The van der Waals surface area contributed by atoms with Crippen molar-refractivity contribution in [1.82, 2.24) is 20.5 Å². The van der Waals surface area contributed by atoms with Crippen LogP contribution >= 0.6 is 11.3 Å². The maximum Gasteiger partial charge on any atom is 0.191 e. The maximum atomic E-state index is 4.75. The predicted octanol–water partition coefficient (Wildman–Crippen LogP) is 2.81. The highest BCUT2D eigenvalue weighted by atomic mass is 32.1. The van der Waals surface area contributed by atoms with Crippen LogP contribution in [-0.4, -0.2) is 43.0 Å².